The fraction of sp³-hybridized carbons (Fsp3) is 0.538. The topological polar surface area (TPSA) is 21.3 Å². The highest BCUT2D eigenvalue weighted by molar-refractivity contribution is 6.30. The van der Waals surface area contributed by atoms with Crippen molar-refractivity contribution in [1.29, 1.82) is 0 Å². The predicted molar refractivity (Wildman–Crippen MR) is 69.1 cm³/mol. The van der Waals surface area contributed by atoms with Gasteiger partial charge in [0.1, 0.15) is 5.82 Å². The minimum absolute atomic E-state index is 0.203. The van der Waals surface area contributed by atoms with Gasteiger partial charge in [0.25, 0.3) is 0 Å². The zero-order chi connectivity index (χ0) is 12.7. The van der Waals surface area contributed by atoms with Gasteiger partial charge in [-0.05, 0) is 50.6 Å². The molecule has 0 amide bonds. The second kappa shape index (κ2) is 7.64. The Balaban J connectivity index is 2.57. The maximum Gasteiger partial charge on any atom is 0.126 e. The van der Waals surface area contributed by atoms with Crippen LogP contribution in [0, 0.1) is 5.82 Å². The minimum atomic E-state index is -0.203. The second-order valence-corrected chi connectivity index (χ2v) is 4.35. The van der Waals surface area contributed by atoms with Crippen molar-refractivity contribution in [2.45, 2.75) is 25.8 Å². The van der Waals surface area contributed by atoms with Crippen LogP contribution in [0.25, 0.3) is 0 Å². The summed E-state index contributed by atoms with van der Waals surface area (Å²) in [7, 11) is 1.87. The van der Waals surface area contributed by atoms with E-state index in [0.717, 1.165) is 6.42 Å². The van der Waals surface area contributed by atoms with E-state index in [9.17, 15) is 4.39 Å². The summed E-state index contributed by atoms with van der Waals surface area (Å²) in [6.07, 6.45) is 1.48. The molecule has 96 valence electrons. The minimum Gasteiger partial charge on any atom is -0.382 e. The quantitative estimate of drug-likeness (QED) is 0.760. The fourth-order valence-electron chi connectivity index (χ4n) is 1.68. The molecule has 0 aromatic heterocycles. The summed E-state index contributed by atoms with van der Waals surface area (Å²) < 4.78 is 18.8. The van der Waals surface area contributed by atoms with Crippen molar-refractivity contribution in [3.8, 4) is 0 Å². The number of likely N-dealkylation sites (N-methyl/N-ethyl adjacent to an activating group) is 1. The molecule has 0 heterocycles. The van der Waals surface area contributed by atoms with E-state index >= 15 is 0 Å². The number of hydrogen-bond acceptors (Lipinski definition) is 2. The van der Waals surface area contributed by atoms with Crippen LogP contribution in [0.4, 0.5) is 4.39 Å². The summed E-state index contributed by atoms with van der Waals surface area (Å²) >= 11 is 5.86. The molecule has 0 spiro atoms. The van der Waals surface area contributed by atoms with Gasteiger partial charge in [-0.2, -0.15) is 0 Å². The molecule has 1 unspecified atom stereocenters. The third kappa shape index (κ3) is 5.02. The van der Waals surface area contributed by atoms with Gasteiger partial charge in [0.15, 0.2) is 0 Å². The van der Waals surface area contributed by atoms with E-state index < -0.39 is 0 Å². The monoisotopic (exact) mass is 259 g/mol. The van der Waals surface area contributed by atoms with Crippen molar-refractivity contribution in [2.75, 3.05) is 20.3 Å². The number of ether oxygens (including phenoxy) is 1. The van der Waals surface area contributed by atoms with Crippen LogP contribution in [0.3, 0.4) is 0 Å². The van der Waals surface area contributed by atoms with Crippen LogP contribution < -0.4 is 5.32 Å². The molecule has 0 aliphatic carbocycles. The third-order valence-electron chi connectivity index (χ3n) is 2.70. The molecule has 0 radical (unpaired) electrons. The highest BCUT2D eigenvalue weighted by Crippen LogP contribution is 2.17. The van der Waals surface area contributed by atoms with Gasteiger partial charge in [-0.15, -0.1) is 0 Å². The highest BCUT2D eigenvalue weighted by Gasteiger charge is 2.11. The average Bonchev–Trinajstić information content (AvgIpc) is 2.32. The summed E-state index contributed by atoms with van der Waals surface area (Å²) in [5, 5.41) is 3.74. The summed E-state index contributed by atoms with van der Waals surface area (Å²) in [4.78, 5) is 0. The summed E-state index contributed by atoms with van der Waals surface area (Å²) in [6, 6.07) is 4.86. The fourth-order valence-corrected chi connectivity index (χ4v) is 1.88. The van der Waals surface area contributed by atoms with Crippen LogP contribution in [-0.4, -0.2) is 26.3 Å². The lowest BCUT2D eigenvalue weighted by atomic mass is 10.0. The molecule has 1 rings (SSSR count). The molecular weight excluding hydrogens is 241 g/mol. The first-order valence-corrected chi connectivity index (χ1v) is 6.24. The van der Waals surface area contributed by atoms with Crippen LogP contribution >= 0.6 is 11.6 Å². The van der Waals surface area contributed by atoms with E-state index in [2.05, 4.69) is 5.32 Å². The van der Waals surface area contributed by atoms with E-state index in [1.165, 1.54) is 6.07 Å². The van der Waals surface area contributed by atoms with Gasteiger partial charge in [-0.1, -0.05) is 11.6 Å². The Bertz CT molecular complexity index is 346. The van der Waals surface area contributed by atoms with Crippen molar-refractivity contribution in [2.24, 2.45) is 0 Å². The Morgan fingerprint density at radius 3 is 2.88 bits per heavy atom. The van der Waals surface area contributed by atoms with Crippen LogP contribution in [0.2, 0.25) is 5.02 Å². The number of nitrogens with one attached hydrogen (secondary N) is 1. The zero-order valence-electron chi connectivity index (χ0n) is 10.3. The zero-order valence-corrected chi connectivity index (χ0v) is 11.1. The van der Waals surface area contributed by atoms with Gasteiger partial charge in [-0.3, -0.25) is 0 Å². The van der Waals surface area contributed by atoms with E-state index in [0.29, 0.717) is 30.2 Å². The van der Waals surface area contributed by atoms with Crippen LogP contribution in [0.15, 0.2) is 18.2 Å². The molecule has 4 heteroatoms. The standard InChI is InChI=1S/C13H19ClFNO/c1-3-17-7-6-12(16-2)9-10-8-11(14)4-5-13(10)15/h4-5,8,12,16H,3,6-7,9H2,1-2H3. The normalized spacial score (nSPS) is 12.7. The Morgan fingerprint density at radius 1 is 1.47 bits per heavy atom. The summed E-state index contributed by atoms with van der Waals surface area (Å²) in [6.45, 7) is 3.36. The smallest absolute Gasteiger partial charge is 0.126 e. The lowest BCUT2D eigenvalue weighted by Gasteiger charge is -2.16. The van der Waals surface area contributed by atoms with Gasteiger partial charge in [0, 0.05) is 24.3 Å². The summed E-state index contributed by atoms with van der Waals surface area (Å²) in [5.74, 6) is -0.203. The van der Waals surface area contributed by atoms with Crippen molar-refractivity contribution in [3.05, 3.63) is 34.6 Å². The Morgan fingerprint density at radius 2 is 2.24 bits per heavy atom. The van der Waals surface area contributed by atoms with Gasteiger partial charge < -0.3 is 10.1 Å². The molecule has 0 aliphatic heterocycles. The molecule has 1 aromatic carbocycles. The van der Waals surface area contributed by atoms with Crippen LogP contribution in [0.5, 0.6) is 0 Å². The molecule has 0 saturated heterocycles. The van der Waals surface area contributed by atoms with Crippen LogP contribution in [0.1, 0.15) is 18.9 Å². The Hall–Kier alpha value is -0.640. The van der Waals surface area contributed by atoms with E-state index in [4.69, 9.17) is 16.3 Å². The Kier molecular flexibility index (Phi) is 6.48. The molecule has 1 aromatic rings. The van der Waals surface area contributed by atoms with Gasteiger partial charge in [-0.25, -0.2) is 4.39 Å². The Labute approximate surface area is 107 Å². The first-order valence-electron chi connectivity index (χ1n) is 5.86. The first kappa shape index (κ1) is 14.4. The number of benzene rings is 1. The highest BCUT2D eigenvalue weighted by atomic mass is 35.5. The molecule has 17 heavy (non-hydrogen) atoms. The van der Waals surface area contributed by atoms with Crippen LogP contribution in [-0.2, 0) is 11.2 Å². The molecule has 0 fully saturated rings. The third-order valence-corrected chi connectivity index (χ3v) is 2.93. The van der Waals surface area contributed by atoms with Gasteiger partial charge in [0.2, 0.25) is 0 Å². The molecule has 1 atom stereocenters. The molecule has 1 N–H and O–H groups in total. The first-order chi connectivity index (χ1) is 8.17. The van der Waals surface area contributed by atoms with Crippen molar-refractivity contribution in [1.82, 2.24) is 5.32 Å². The molecule has 0 bridgehead atoms. The predicted octanol–water partition coefficient (Wildman–Crippen LogP) is 3.04. The van der Waals surface area contributed by atoms with Gasteiger partial charge >= 0.3 is 0 Å². The largest absolute Gasteiger partial charge is 0.382 e. The van der Waals surface area contributed by atoms with Crippen molar-refractivity contribution in [3.63, 3.8) is 0 Å². The maximum absolute atomic E-state index is 13.5. The van der Waals surface area contributed by atoms with E-state index in [-0.39, 0.29) is 11.9 Å². The van der Waals surface area contributed by atoms with Crippen molar-refractivity contribution < 1.29 is 9.13 Å². The lowest BCUT2D eigenvalue weighted by molar-refractivity contribution is 0.137. The molecule has 0 saturated carbocycles. The van der Waals surface area contributed by atoms with Crippen molar-refractivity contribution >= 4 is 11.6 Å². The van der Waals surface area contributed by atoms with Gasteiger partial charge in [0.05, 0.1) is 0 Å². The lowest BCUT2D eigenvalue weighted by Crippen LogP contribution is -2.29. The number of hydrogen-bond donors (Lipinski definition) is 1. The molecule has 2 nitrogen and oxygen atoms in total. The SMILES string of the molecule is CCOCCC(Cc1cc(Cl)ccc1F)NC. The number of rotatable bonds is 7. The summed E-state index contributed by atoms with van der Waals surface area (Å²) in [5.41, 5.74) is 0.647. The molecular formula is C13H19ClFNO. The second-order valence-electron chi connectivity index (χ2n) is 3.91. The number of halogens is 2. The molecule has 0 aliphatic rings. The van der Waals surface area contributed by atoms with E-state index in [1.54, 1.807) is 12.1 Å². The average molecular weight is 260 g/mol. The maximum atomic E-state index is 13.5. The van der Waals surface area contributed by atoms with E-state index in [1.807, 2.05) is 14.0 Å².